The lowest BCUT2D eigenvalue weighted by Crippen LogP contribution is -2.33. The Bertz CT molecular complexity index is 329. The number of aromatic nitrogens is 2. The second-order valence-electron chi connectivity index (χ2n) is 4.10. The highest BCUT2D eigenvalue weighted by Crippen LogP contribution is 2.25. The molecule has 1 aliphatic carbocycles. The number of rotatable bonds is 2. The van der Waals surface area contributed by atoms with Crippen LogP contribution in [0, 0.1) is 6.92 Å². The summed E-state index contributed by atoms with van der Waals surface area (Å²) < 4.78 is 0. The smallest absolute Gasteiger partial charge is 0.129 e. The van der Waals surface area contributed by atoms with Crippen molar-refractivity contribution in [2.45, 2.75) is 44.0 Å². The van der Waals surface area contributed by atoms with E-state index in [2.05, 4.69) is 15.3 Å². The quantitative estimate of drug-likeness (QED) is 0.787. The molecule has 3 nitrogen and oxygen atoms in total. The molecule has 2 unspecified atom stereocenters. The Balaban J connectivity index is 2.01. The Labute approximate surface area is 95.3 Å². The molecule has 2 rings (SSSR count). The standard InChI is InChI=1S/C11H16ClN3/c1-8-6-11(14-7-13-8)15-10-5-3-2-4-9(10)12/h6-7,9-10H,2-5H2,1H3,(H,13,14,15). The highest BCUT2D eigenvalue weighted by atomic mass is 35.5. The largest absolute Gasteiger partial charge is 0.366 e. The fourth-order valence-electron chi connectivity index (χ4n) is 1.97. The third kappa shape index (κ3) is 2.81. The van der Waals surface area contributed by atoms with Gasteiger partial charge in [-0.25, -0.2) is 9.97 Å². The number of hydrogen-bond acceptors (Lipinski definition) is 3. The van der Waals surface area contributed by atoms with Crippen LogP contribution >= 0.6 is 11.6 Å². The molecule has 0 spiro atoms. The van der Waals surface area contributed by atoms with Gasteiger partial charge >= 0.3 is 0 Å². The SMILES string of the molecule is Cc1cc(NC2CCCCC2Cl)ncn1. The van der Waals surface area contributed by atoms with E-state index in [4.69, 9.17) is 11.6 Å². The number of anilines is 1. The summed E-state index contributed by atoms with van der Waals surface area (Å²) in [6.45, 7) is 1.96. The Morgan fingerprint density at radius 2 is 2.13 bits per heavy atom. The van der Waals surface area contributed by atoms with Crippen LogP contribution in [0.2, 0.25) is 0 Å². The van der Waals surface area contributed by atoms with Gasteiger partial charge in [-0.3, -0.25) is 0 Å². The Morgan fingerprint density at radius 3 is 2.87 bits per heavy atom. The zero-order chi connectivity index (χ0) is 10.7. The van der Waals surface area contributed by atoms with Crippen molar-refractivity contribution in [3.8, 4) is 0 Å². The summed E-state index contributed by atoms with van der Waals surface area (Å²) >= 11 is 6.27. The normalized spacial score (nSPS) is 26.3. The van der Waals surface area contributed by atoms with E-state index >= 15 is 0 Å². The van der Waals surface area contributed by atoms with Crippen LogP contribution in [0.4, 0.5) is 5.82 Å². The van der Waals surface area contributed by atoms with Crippen LogP contribution in [0.5, 0.6) is 0 Å². The highest BCUT2D eigenvalue weighted by Gasteiger charge is 2.22. The Morgan fingerprint density at radius 1 is 1.33 bits per heavy atom. The van der Waals surface area contributed by atoms with E-state index in [1.54, 1.807) is 6.33 Å². The van der Waals surface area contributed by atoms with Crippen molar-refractivity contribution in [2.75, 3.05) is 5.32 Å². The molecular formula is C11H16ClN3. The first-order chi connectivity index (χ1) is 7.25. The van der Waals surface area contributed by atoms with E-state index in [0.29, 0.717) is 6.04 Å². The molecule has 1 aliphatic rings. The molecule has 1 aromatic heterocycles. The Kier molecular flexibility index (Phi) is 3.41. The molecule has 2 atom stereocenters. The fraction of sp³-hybridized carbons (Fsp3) is 0.636. The molecule has 0 aromatic carbocycles. The third-order valence-electron chi connectivity index (χ3n) is 2.82. The minimum atomic E-state index is 0.231. The van der Waals surface area contributed by atoms with Gasteiger partial charge in [-0.1, -0.05) is 12.8 Å². The second-order valence-corrected chi connectivity index (χ2v) is 4.66. The van der Waals surface area contributed by atoms with E-state index < -0.39 is 0 Å². The van der Waals surface area contributed by atoms with Crippen LogP contribution < -0.4 is 5.32 Å². The van der Waals surface area contributed by atoms with Gasteiger partial charge in [0.1, 0.15) is 12.1 Å². The lowest BCUT2D eigenvalue weighted by atomic mass is 9.95. The molecule has 82 valence electrons. The van der Waals surface area contributed by atoms with Crippen LogP contribution in [0.1, 0.15) is 31.4 Å². The summed E-state index contributed by atoms with van der Waals surface area (Å²) in [5.41, 5.74) is 0.981. The molecule has 1 N–H and O–H groups in total. The minimum Gasteiger partial charge on any atom is -0.366 e. The van der Waals surface area contributed by atoms with Gasteiger partial charge in [0.15, 0.2) is 0 Å². The van der Waals surface area contributed by atoms with Crippen molar-refractivity contribution in [3.63, 3.8) is 0 Å². The van der Waals surface area contributed by atoms with Crippen molar-refractivity contribution in [1.82, 2.24) is 9.97 Å². The first-order valence-electron chi connectivity index (χ1n) is 5.45. The molecule has 4 heteroatoms. The molecule has 0 bridgehead atoms. The summed E-state index contributed by atoms with van der Waals surface area (Å²) in [5.74, 6) is 0.889. The van der Waals surface area contributed by atoms with Gasteiger partial charge in [0.2, 0.25) is 0 Å². The average Bonchev–Trinajstić information content (AvgIpc) is 2.22. The maximum Gasteiger partial charge on any atom is 0.129 e. The predicted octanol–water partition coefficient (Wildman–Crippen LogP) is 2.75. The zero-order valence-electron chi connectivity index (χ0n) is 8.91. The number of alkyl halides is 1. The van der Waals surface area contributed by atoms with E-state index in [1.807, 2.05) is 13.0 Å². The lowest BCUT2D eigenvalue weighted by Gasteiger charge is -2.28. The third-order valence-corrected chi connectivity index (χ3v) is 3.34. The number of nitrogens with one attached hydrogen (secondary N) is 1. The van der Waals surface area contributed by atoms with Crippen LogP contribution in [0.15, 0.2) is 12.4 Å². The zero-order valence-corrected chi connectivity index (χ0v) is 9.67. The summed E-state index contributed by atoms with van der Waals surface area (Å²) in [7, 11) is 0. The fourth-order valence-corrected chi connectivity index (χ4v) is 2.31. The van der Waals surface area contributed by atoms with Gasteiger partial charge < -0.3 is 5.32 Å². The number of nitrogens with zero attached hydrogens (tertiary/aromatic N) is 2. The molecular weight excluding hydrogens is 210 g/mol. The van der Waals surface area contributed by atoms with Crippen LogP contribution in [0.25, 0.3) is 0 Å². The monoisotopic (exact) mass is 225 g/mol. The summed E-state index contributed by atoms with van der Waals surface area (Å²) in [6, 6.07) is 2.31. The molecule has 0 aliphatic heterocycles. The first kappa shape index (κ1) is 10.7. The predicted molar refractivity (Wildman–Crippen MR) is 62.3 cm³/mol. The van der Waals surface area contributed by atoms with E-state index in [-0.39, 0.29) is 5.38 Å². The first-order valence-corrected chi connectivity index (χ1v) is 5.88. The lowest BCUT2D eigenvalue weighted by molar-refractivity contribution is 0.468. The van der Waals surface area contributed by atoms with Crippen LogP contribution in [-0.4, -0.2) is 21.4 Å². The maximum atomic E-state index is 6.27. The second kappa shape index (κ2) is 4.79. The van der Waals surface area contributed by atoms with Crippen molar-refractivity contribution < 1.29 is 0 Å². The minimum absolute atomic E-state index is 0.231. The van der Waals surface area contributed by atoms with E-state index in [0.717, 1.165) is 24.4 Å². The van der Waals surface area contributed by atoms with Gasteiger partial charge in [0, 0.05) is 17.8 Å². The topological polar surface area (TPSA) is 37.8 Å². The van der Waals surface area contributed by atoms with Gasteiger partial charge in [0.05, 0.1) is 5.38 Å². The molecule has 1 saturated carbocycles. The van der Waals surface area contributed by atoms with Gasteiger partial charge in [0.25, 0.3) is 0 Å². The van der Waals surface area contributed by atoms with E-state index in [1.165, 1.54) is 12.8 Å². The molecule has 0 amide bonds. The molecule has 0 saturated heterocycles. The molecule has 0 radical (unpaired) electrons. The summed E-state index contributed by atoms with van der Waals surface area (Å²) in [4.78, 5) is 8.26. The number of aryl methyl sites for hydroxylation is 1. The van der Waals surface area contributed by atoms with Crippen LogP contribution in [-0.2, 0) is 0 Å². The summed E-state index contributed by atoms with van der Waals surface area (Å²) in [6.07, 6.45) is 6.32. The van der Waals surface area contributed by atoms with Crippen molar-refractivity contribution in [2.24, 2.45) is 0 Å². The molecule has 1 heterocycles. The highest BCUT2D eigenvalue weighted by molar-refractivity contribution is 6.21. The van der Waals surface area contributed by atoms with Gasteiger partial charge in [-0.2, -0.15) is 0 Å². The van der Waals surface area contributed by atoms with Gasteiger partial charge in [-0.15, -0.1) is 11.6 Å². The van der Waals surface area contributed by atoms with Crippen molar-refractivity contribution in [3.05, 3.63) is 18.1 Å². The van der Waals surface area contributed by atoms with E-state index in [9.17, 15) is 0 Å². The maximum absolute atomic E-state index is 6.27. The van der Waals surface area contributed by atoms with Crippen LogP contribution in [0.3, 0.4) is 0 Å². The van der Waals surface area contributed by atoms with Crippen molar-refractivity contribution >= 4 is 17.4 Å². The summed E-state index contributed by atoms with van der Waals surface area (Å²) in [5, 5.41) is 3.62. The van der Waals surface area contributed by atoms with Gasteiger partial charge in [-0.05, 0) is 19.8 Å². The van der Waals surface area contributed by atoms with Crippen molar-refractivity contribution in [1.29, 1.82) is 0 Å². The number of halogens is 1. The molecule has 1 fully saturated rings. The molecule has 1 aromatic rings. The average molecular weight is 226 g/mol. The molecule has 15 heavy (non-hydrogen) atoms. The Hall–Kier alpha value is -0.830. The number of hydrogen-bond donors (Lipinski definition) is 1.